The summed E-state index contributed by atoms with van der Waals surface area (Å²) in [6, 6.07) is 4.46. The lowest BCUT2D eigenvalue weighted by atomic mass is 10.2. The number of rotatable bonds is 2. The van der Waals surface area contributed by atoms with Crippen LogP contribution in [0.2, 0.25) is 0 Å². The average Bonchev–Trinajstić information content (AvgIpc) is 2.34. The van der Waals surface area contributed by atoms with Gasteiger partial charge in [0.1, 0.15) is 23.1 Å². The Morgan fingerprint density at radius 2 is 1.89 bits per heavy atom. The fraction of sp³-hybridized carbons (Fsp3) is 0. The summed E-state index contributed by atoms with van der Waals surface area (Å²) in [7, 11) is 0. The summed E-state index contributed by atoms with van der Waals surface area (Å²) in [5.74, 6) is -2.97. The zero-order valence-electron chi connectivity index (χ0n) is 9.02. The number of pyridine rings is 1. The molecule has 0 aliphatic rings. The normalized spacial score (nSPS) is 10.1. The van der Waals surface area contributed by atoms with Crippen molar-refractivity contribution in [2.75, 3.05) is 5.32 Å². The van der Waals surface area contributed by atoms with Crippen molar-refractivity contribution in [3.63, 3.8) is 0 Å². The minimum atomic E-state index is -0.892. The predicted molar refractivity (Wildman–Crippen MR) is 60.2 cm³/mol. The summed E-state index contributed by atoms with van der Waals surface area (Å²) < 4.78 is 26.6. The van der Waals surface area contributed by atoms with Gasteiger partial charge in [0, 0.05) is 6.20 Å². The van der Waals surface area contributed by atoms with E-state index in [-0.39, 0.29) is 11.3 Å². The van der Waals surface area contributed by atoms with E-state index in [0.29, 0.717) is 0 Å². The molecule has 0 fully saturated rings. The van der Waals surface area contributed by atoms with Crippen molar-refractivity contribution < 1.29 is 18.7 Å². The molecule has 0 bridgehead atoms. The summed E-state index contributed by atoms with van der Waals surface area (Å²) in [4.78, 5) is 15.3. The highest BCUT2D eigenvalue weighted by atomic mass is 19.1. The molecule has 92 valence electrons. The Labute approximate surface area is 101 Å². The number of carbonyl (C=O) groups is 1. The molecule has 18 heavy (non-hydrogen) atoms. The summed E-state index contributed by atoms with van der Waals surface area (Å²) in [5, 5.41) is 11.4. The number of para-hydroxylation sites is 1. The van der Waals surface area contributed by atoms with Gasteiger partial charge in [0.25, 0.3) is 5.91 Å². The summed E-state index contributed by atoms with van der Waals surface area (Å²) >= 11 is 0. The quantitative estimate of drug-likeness (QED) is 0.859. The van der Waals surface area contributed by atoms with Gasteiger partial charge < -0.3 is 10.4 Å². The van der Waals surface area contributed by atoms with E-state index < -0.39 is 23.2 Å². The molecule has 4 nitrogen and oxygen atoms in total. The van der Waals surface area contributed by atoms with Crippen LogP contribution in [0.4, 0.5) is 14.5 Å². The maximum atomic E-state index is 13.3. The topological polar surface area (TPSA) is 62.2 Å². The maximum Gasteiger partial charge on any atom is 0.259 e. The van der Waals surface area contributed by atoms with Crippen LogP contribution in [0, 0.1) is 11.6 Å². The largest absolute Gasteiger partial charge is 0.505 e. The number of hydrogen-bond donors (Lipinski definition) is 2. The first-order valence-electron chi connectivity index (χ1n) is 4.98. The number of halogens is 2. The molecule has 0 saturated heterocycles. The minimum Gasteiger partial charge on any atom is -0.505 e. The molecule has 0 atom stereocenters. The van der Waals surface area contributed by atoms with E-state index in [1.54, 1.807) is 0 Å². The number of anilines is 1. The zero-order valence-corrected chi connectivity index (χ0v) is 9.02. The van der Waals surface area contributed by atoms with Crippen LogP contribution in [0.15, 0.2) is 36.7 Å². The van der Waals surface area contributed by atoms with E-state index in [4.69, 9.17) is 0 Å². The summed E-state index contributed by atoms with van der Waals surface area (Å²) in [6.07, 6.45) is 2.35. The minimum absolute atomic E-state index is 0.118. The number of benzene rings is 1. The van der Waals surface area contributed by atoms with Gasteiger partial charge in [-0.3, -0.25) is 9.78 Å². The molecular formula is C12H8F2N2O2. The maximum absolute atomic E-state index is 13.3. The number of nitrogens with zero attached hydrogens (tertiary/aromatic N) is 1. The predicted octanol–water partition coefficient (Wildman–Crippen LogP) is 2.32. The van der Waals surface area contributed by atoms with Crippen molar-refractivity contribution in [1.29, 1.82) is 0 Å². The molecular weight excluding hydrogens is 242 g/mol. The monoisotopic (exact) mass is 250 g/mol. The molecule has 2 rings (SSSR count). The Morgan fingerprint density at radius 1 is 1.22 bits per heavy atom. The lowest BCUT2D eigenvalue weighted by Crippen LogP contribution is -2.14. The van der Waals surface area contributed by atoms with Gasteiger partial charge in [-0.1, -0.05) is 6.07 Å². The third-order valence-corrected chi connectivity index (χ3v) is 2.25. The standard InChI is InChI=1S/C12H8F2N2O2/c13-8-2-1-3-9(14)11(8)16-12(18)7-4-5-15-6-10(7)17/h1-6,17H,(H,16,18). The highest BCUT2D eigenvalue weighted by Gasteiger charge is 2.15. The molecule has 0 saturated carbocycles. The average molecular weight is 250 g/mol. The molecule has 1 aromatic carbocycles. The van der Waals surface area contributed by atoms with Gasteiger partial charge in [-0.25, -0.2) is 8.78 Å². The molecule has 0 radical (unpaired) electrons. The first kappa shape index (κ1) is 12.0. The van der Waals surface area contributed by atoms with Gasteiger partial charge >= 0.3 is 0 Å². The van der Waals surface area contributed by atoms with Crippen molar-refractivity contribution in [1.82, 2.24) is 4.98 Å². The highest BCUT2D eigenvalue weighted by Crippen LogP contribution is 2.21. The van der Waals surface area contributed by atoms with Crippen molar-refractivity contribution >= 4 is 11.6 Å². The van der Waals surface area contributed by atoms with Crippen LogP contribution in [0.3, 0.4) is 0 Å². The lowest BCUT2D eigenvalue weighted by molar-refractivity contribution is 0.102. The van der Waals surface area contributed by atoms with Crippen LogP contribution in [-0.2, 0) is 0 Å². The van der Waals surface area contributed by atoms with Crippen LogP contribution in [0.5, 0.6) is 5.75 Å². The van der Waals surface area contributed by atoms with Gasteiger partial charge in [-0.2, -0.15) is 0 Å². The second kappa shape index (κ2) is 4.79. The smallest absolute Gasteiger partial charge is 0.259 e. The van der Waals surface area contributed by atoms with Crippen molar-refractivity contribution in [2.45, 2.75) is 0 Å². The van der Waals surface area contributed by atoms with E-state index in [1.807, 2.05) is 0 Å². The highest BCUT2D eigenvalue weighted by molar-refractivity contribution is 6.06. The van der Waals surface area contributed by atoms with Gasteiger partial charge in [0.2, 0.25) is 0 Å². The second-order valence-corrected chi connectivity index (χ2v) is 3.44. The molecule has 6 heteroatoms. The van der Waals surface area contributed by atoms with E-state index in [1.165, 1.54) is 18.3 Å². The molecule has 2 aromatic rings. The van der Waals surface area contributed by atoms with Crippen LogP contribution in [0.25, 0.3) is 0 Å². The Balaban J connectivity index is 2.30. The number of aromatic nitrogens is 1. The number of carbonyl (C=O) groups excluding carboxylic acids is 1. The van der Waals surface area contributed by atoms with E-state index in [2.05, 4.69) is 10.3 Å². The Bertz CT molecular complexity index is 582. The molecule has 0 spiro atoms. The molecule has 2 N–H and O–H groups in total. The first-order chi connectivity index (χ1) is 8.59. The Hall–Kier alpha value is -2.50. The lowest BCUT2D eigenvalue weighted by Gasteiger charge is -2.08. The van der Waals surface area contributed by atoms with Crippen LogP contribution >= 0.6 is 0 Å². The van der Waals surface area contributed by atoms with E-state index >= 15 is 0 Å². The molecule has 1 aromatic heterocycles. The van der Waals surface area contributed by atoms with Crippen molar-refractivity contribution in [3.8, 4) is 5.75 Å². The zero-order chi connectivity index (χ0) is 13.1. The van der Waals surface area contributed by atoms with E-state index in [0.717, 1.165) is 18.3 Å². The molecule has 1 heterocycles. The molecule has 0 unspecified atom stereocenters. The van der Waals surface area contributed by atoms with Gasteiger partial charge in [0.05, 0.1) is 11.8 Å². The SMILES string of the molecule is O=C(Nc1c(F)cccc1F)c1ccncc1O. The number of nitrogens with one attached hydrogen (secondary N) is 1. The fourth-order valence-corrected chi connectivity index (χ4v) is 1.38. The Kier molecular flexibility index (Phi) is 3.18. The molecule has 1 amide bonds. The molecule has 0 aliphatic carbocycles. The van der Waals surface area contributed by atoms with Crippen molar-refractivity contribution in [2.24, 2.45) is 0 Å². The summed E-state index contributed by atoms with van der Waals surface area (Å²) in [5.41, 5.74) is -0.675. The number of aromatic hydroxyl groups is 1. The number of hydrogen-bond acceptors (Lipinski definition) is 3. The summed E-state index contributed by atoms with van der Waals surface area (Å²) in [6.45, 7) is 0. The number of amides is 1. The third kappa shape index (κ3) is 2.27. The van der Waals surface area contributed by atoms with Gasteiger partial charge in [0.15, 0.2) is 0 Å². The van der Waals surface area contributed by atoms with Crippen LogP contribution < -0.4 is 5.32 Å². The Morgan fingerprint density at radius 3 is 2.50 bits per heavy atom. The fourth-order valence-electron chi connectivity index (χ4n) is 1.38. The van der Waals surface area contributed by atoms with Crippen LogP contribution in [-0.4, -0.2) is 16.0 Å². The van der Waals surface area contributed by atoms with Gasteiger partial charge in [-0.15, -0.1) is 0 Å². The van der Waals surface area contributed by atoms with Gasteiger partial charge in [-0.05, 0) is 18.2 Å². The first-order valence-corrected chi connectivity index (χ1v) is 4.98. The second-order valence-electron chi connectivity index (χ2n) is 3.44. The van der Waals surface area contributed by atoms with Crippen molar-refractivity contribution in [3.05, 3.63) is 53.9 Å². The van der Waals surface area contributed by atoms with Crippen LogP contribution in [0.1, 0.15) is 10.4 Å². The third-order valence-electron chi connectivity index (χ3n) is 2.25. The van der Waals surface area contributed by atoms with E-state index in [9.17, 15) is 18.7 Å². The molecule has 0 aliphatic heterocycles.